The molecule has 0 aromatic heterocycles. The third kappa shape index (κ3) is 5.05. The monoisotopic (exact) mass is 406 g/mol. The summed E-state index contributed by atoms with van der Waals surface area (Å²) in [6.07, 6.45) is -4.53. The highest BCUT2D eigenvalue weighted by Crippen LogP contribution is 2.38. The van der Waals surface area contributed by atoms with E-state index in [0.717, 1.165) is 12.1 Å². The minimum atomic E-state index is -4.53. The van der Waals surface area contributed by atoms with Gasteiger partial charge in [0.25, 0.3) is 0 Å². The second-order valence-electron chi connectivity index (χ2n) is 3.55. The normalized spacial score (nSPS) is 12.2. The molecule has 0 amide bonds. The molecular weight excluding hydrogens is 400 g/mol. The van der Waals surface area contributed by atoms with Gasteiger partial charge in [0, 0.05) is 4.47 Å². The molecule has 21 heavy (non-hydrogen) atoms. The number of nitrogens with one attached hydrogen (secondary N) is 1. The zero-order chi connectivity index (χ0) is 16.2. The van der Waals surface area contributed by atoms with Crippen molar-refractivity contribution in [3.8, 4) is 0 Å². The maximum Gasteiger partial charge on any atom is 0.416 e. The Kier molecular flexibility index (Phi) is 6.30. The summed E-state index contributed by atoms with van der Waals surface area (Å²) in [6, 6.07) is 1.55. The highest BCUT2D eigenvalue weighted by atomic mass is 79.9. The van der Waals surface area contributed by atoms with E-state index in [4.69, 9.17) is 23.2 Å². The quantitative estimate of drug-likeness (QED) is 0.449. The fourth-order valence-electron chi connectivity index (χ4n) is 1.18. The number of nitrogens with zero attached hydrogens (tertiary/aromatic N) is 1. The lowest BCUT2D eigenvalue weighted by Gasteiger charge is -2.12. The van der Waals surface area contributed by atoms with Gasteiger partial charge in [-0.3, -0.25) is 5.43 Å². The van der Waals surface area contributed by atoms with Crippen LogP contribution in [0.15, 0.2) is 21.7 Å². The number of benzene rings is 1. The van der Waals surface area contributed by atoms with Crippen LogP contribution in [0.2, 0.25) is 5.02 Å². The molecule has 0 saturated carbocycles. The molecule has 1 N–H and O–H groups in total. The van der Waals surface area contributed by atoms with Gasteiger partial charge in [0.05, 0.1) is 22.9 Å². The highest BCUT2D eigenvalue weighted by molar-refractivity contribution is 9.10. The lowest BCUT2D eigenvalue weighted by molar-refractivity contribution is -0.137. The number of esters is 1. The Bertz CT molecular complexity index is 556. The Morgan fingerprint density at radius 1 is 1.48 bits per heavy atom. The first-order valence-electron chi connectivity index (χ1n) is 5.39. The van der Waals surface area contributed by atoms with E-state index >= 15 is 0 Å². The smallest absolute Gasteiger partial charge is 0.416 e. The number of hydrogen-bond donors (Lipinski definition) is 1. The molecule has 0 spiro atoms. The molecule has 1 rings (SSSR count). The van der Waals surface area contributed by atoms with Crippen LogP contribution in [0.25, 0.3) is 0 Å². The summed E-state index contributed by atoms with van der Waals surface area (Å²) in [4.78, 5) is 11.2. The molecule has 0 unspecified atom stereocenters. The number of carbonyl (C=O) groups is 1. The Labute approximate surface area is 136 Å². The van der Waals surface area contributed by atoms with Crippen LogP contribution in [0, 0.1) is 0 Å². The van der Waals surface area contributed by atoms with E-state index in [0.29, 0.717) is 0 Å². The lowest BCUT2D eigenvalue weighted by atomic mass is 10.2. The Hall–Kier alpha value is -0.990. The number of ether oxygens (including phenoxy) is 1. The number of halogens is 6. The molecule has 1 aromatic rings. The molecule has 0 aliphatic heterocycles. The lowest BCUT2D eigenvalue weighted by Crippen LogP contribution is -2.13. The van der Waals surface area contributed by atoms with Crippen LogP contribution in [-0.2, 0) is 15.7 Å². The zero-order valence-electron chi connectivity index (χ0n) is 10.4. The molecule has 0 fully saturated rings. The largest absolute Gasteiger partial charge is 0.461 e. The van der Waals surface area contributed by atoms with Crippen molar-refractivity contribution in [2.45, 2.75) is 13.1 Å². The molecule has 0 aliphatic carbocycles. The maximum atomic E-state index is 12.6. The van der Waals surface area contributed by atoms with Gasteiger partial charge in [0.2, 0.25) is 5.17 Å². The second kappa shape index (κ2) is 7.33. The standard InChI is InChI=1S/C11H8BrCl2F3N2O2/c1-2-21-10(20)9(14)19-18-8-6(12)3-5(4-7(8)13)11(15,16)17/h3-4,18H,2H2,1H3/b19-9-. The van der Waals surface area contributed by atoms with Gasteiger partial charge >= 0.3 is 12.1 Å². The van der Waals surface area contributed by atoms with Crippen molar-refractivity contribution < 1.29 is 22.7 Å². The highest BCUT2D eigenvalue weighted by Gasteiger charge is 2.32. The summed E-state index contributed by atoms with van der Waals surface area (Å²) in [7, 11) is 0. The number of hydrogen-bond acceptors (Lipinski definition) is 4. The number of alkyl halides is 3. The van der Waals surface area contributed by atoms with Crippen molar-refractivity contribution in [3.05, 3.63) is 27.2 Å². The van der Waals surface area contributed by atoms with Crippen LogP contribution >= 0.6 is 39.1 Å². The van der Waals surface area contributed by atoms with Gasteiger partial charge in [-0.25, -0.2) is 4.79 Å². The van der Waals surface area contributed by atoms with Gasteiger partial charge in [0.15, 0.2) is 0 Å². The van der Waals surface area contributed by atoms with Gasteiger partial charge in [-0.2, -0.15) is 18.3 Å². The molecule has 1 aromatic carbocycles. The molecule has 4 nitrogen and oxygen atoms in total. The van der Waals surface area contributed by atoms with E-state index in [1.165, 1.54) is 0 Å². The van der Waals surface area contributed by atoms with Gasteiger partial charge in [0.1, 0.15) is 0 Å². The number of carbonyl (C=O) groups excluding carboxylic acids is 1. The second-order valence-corrected chi connectivity index (χ2v) is 5.17. The van der Waals surface area contributed by atoms with Crippen molar-refractivity contribution in [1.82, 2.24) is 0 Å². The summed E-state index contributed by atoms with van der Waals surface area (Å²) in [6.45, 7) is 1.69. The maximum absolute atomic E-state index is 12.6. The SMILES string of the molecule is CCOC(=O)/C(Cl)=N/Nc1c(Cl)cc(C(F)(F)F)cc1Br. The summed E-state index contributed by atoms with van der Waals surface area (Å²) in [5, 5.41) is 2.73. The van der Waals surface area contributed by atoms with E-state index < -0.39 is 22.9 Å². The minimum absolute atomic E-state index is 0.0133. The molecule has 0 bridgehead atoms. The minimum Gasteiger partial charge on any atom is -0.461 e. The Balaban J connectivity index is 3.01. The first kappa shape index (κ1) is 18.1. The van der Waals surface area contributed by atoms with Crippen molar-refractivity contribution >= 4 is 56.0 Å². The van der Waals surface area contributed by atoms with Crippen LogP contribution < -0.4 is 5.43 Å². The molecule has 10 heteroatoms. The van der Waals surface area contributed by atoms with E-state index in [1.807, 2.05) is 0 Å². The molecule has 0 aliphatic rings. The van der Waals surface area contributed by atoms with Crippen molar-refractivity contribution in [2.75, 3.05) is 12.0 Å². The average molecular weight is 408 g/mol. The van der Waals surface area contributed by atoms with Crippen molar-refractivity contribution in [2.24, 2.45) is 5.10 Å². The summed E-state index contributed by atoms with van der Waals surface area (Å²) in [5.74, 6) is -0.870. The fraction of sp³-hybridized carbons (Fsp3) is 0.273. The molecule has 116 valence electrons. The van der Waals surface area contributed by atoms with Gasteiger partial charge in [-0.05, 0) is 35.0 Å². The van der Waals surface area contributed by atoms with Gasteiger partial charge < -0.3 is 4.74 Å². The average Bonchev–Trinajstić information content (AvgIpc) is 2.36. The summed E-state index contributed by atoms with van der Waals surface area (Å²) in [5.41, 5.74) is 1.42. The third-order valence-electron chi connectivity index (χ3n) is 2.08. The van der Waals surface area contributed by atoms with Crippen LogP contribution in [0.3, 0.4) is 0 Å². The summed E-state index contributed by atoms with van der Waals surface area (Å²) < 4.78 is 42.3. The number of hydrazone groups is 1. The van der Waals surface area contributed by atoms with Crippen molar-refractivity contribution in [1.29, 1.82) is 0 Å². The number of rotatable bonds is 4. The topological polar surface area (TPSA) is 50.7 Å². The van der Waals surface area contributed by atoms with Crippen molar-refractivity contribution in [3.63, 3.8) is 0 Å². The van der Waals surface area contributed by atoms with E-state index in [2.05, 4.69) is 31.2 Å². The predicted octanol–water partition coefficient (Wildman–Crippen LogP) is 4.65. The molecule has 0 radical (unpaired) electrons. The van der Waals surface area contributed by atoms with Crippen LogP contribution in [0.5, 0.6) is 0 Å². The predicted molar refractivity (Wildman–Crippen MR) is 77.7 cm³/mol. The molecular formula is C11H8BrCl2F3N2O2. The van der Waals surface area contributed by atoms with Gasteiger partial charge in [-0.1, -0.05) is 23.2 Å². The Morgan fingerprint density at radius 2 is 2.10 bits per heavy atom. The van der Waals surface area contributed by atoms with Crippen LogP contribution in [-0.4, -0.2) is 17.7 Å². The first-order chi connectivity index (χ1) is 9.66. The molecule has 0 heterocycles. The van der Waals surface area contributed by atoms with Crippen LogP contribution in [0.4, 0.5) is 18.9 Å². The van der Waals surface area contributed by atoms with E-state index in [9.17, 15) is 18.0 Å². The molecule has 0 saturated heterocycles. The van der Waals surface area contributed by atoms with Gasteiger partial charge in [-0.15, -0.1) is 0 Å². The third-order valence-corrected chi connectivity index (χ3v) is 3.24. The number of anilines is 1. The van der Waals surface area contributed by atoms with E-state index in [-0.39, 0.29) is 21.8 Å². The summed E-state index contributed by atoms with van der Waals surface area (Å²) >= 11 is 14.2. The first-order valence-corrected chi connectivity index (χ1v) is 6.94. The van der Waals surface area contributed by atoms with E-state index in [1.54, 1.807) is 6.92 Å². The fourth-order valence-corrected chi connectivity index (χ4v) is 2.21. The molecule has 0 atom stereocenters. The zero-order valence-corrected chi connectivity index (χ0v) is 13.5. The van der Waals surface area contributed by atoms with Crippen LogP contribution in [0.1, 0.15) is 12.5 Å². The Morgan fingerprint density at radius 3 is 2.57 bits per heavy atom.